The van der Waals surface area contributed by atoms with Crippen molar-refractivity contribution in [3.8, 4) is 11.5 Å². The van der Waals surface area contributed by atoms with Gasteiger partial charge in [0.15, 0.2) is 5.82 Å². The minimum absolute atomic E-state index is 0.161. The van der Waals surface area contributed by atoms with Gasteiger partial charge in [0.2, 0.25) is 0 Å². The van der Waals surface area contributed by atoms with Crippen LogP contribution in [0.2, 0.25) is 0 Å². The highest BCUT2D eigenvalue weighted by Crippen LogP contribution is 2.32. The molecule has 7 nitrogen and oxygen atoms in total. The number of benzene rings is 4. The average Bonchev–Trinajstić information content (AvgIpc) is 3.52. The van der Waals surface area contributed by atoms with Gasteiger partial charge in [0, 0.05) is 24.4 Å². The number of fused-ring (bicyclic) bond motifs is 1. The number of likely N-dealkylation sites (tertiary alicyclic amines) is 1. The fourth-order valence-electron chi connectivity index (χ4n) is 5.73. The fraction of sp³-hybridized carbons (Fsp3) is 0.324. The number of hydrogen-bond acceptors (Lipinski definition) is 6. The van der Waals surface area contributed by atoms with Gasteiger partial charge in [-0.25, -0.2) is 4.79 Å². The van der Waals surface area contributed by atoms with Gasteiger partial charge in [-0.3, -0.25) is 0 Å². The third-order valence-electron chi connectivity index (χ3n) is 8.02. The van der Waals surface area contributed by atoms with E-state index < -0.39 is 5.60 Å². The first-order chi connectivity index (χ1) is 21.3. The maximum Gasteiger partial charge on any atom is 0.410 e. The minimum Gasteiger partial charge on any atom is -0.444 e. The molecule has 1 saturated heterocycles. The number of aryl methyl sites for hydroxylation is 2. The van der Waals surface area contributed by atoms with E-state index in [1.807, 2.05) is 51.1 Å². The molecule has 0 N–H and O–H groups in total. The second-order valence-electron chi connectivity index (χ2n) is 12.5. The molecular weight excluding hydrogens is 550 g/mol. The first-order valence-electron chi connectivity index (χ1n) is 15.3. The van der Waals surface area contributed by atoms with Gasteiger partial charge in [-0.1, -0.05) is 84.0 Å². The normalized spacial score (nSPS) is 17.1. The fourth-order valence-corrected chi connectivity index (χ4v) is 5.73. The summed E-state index contributed by atoms with van der Waals surface area (Å²) in [7, 11) is 0. The van der Waals surface area contributed by atoms with Crippen molar-refractivity contribution in [1.29, 1.82) is 0 Å². The van der Waals surface area contributed by atoms with Crippen LogP contribution >= 0.6 is 0 Å². The average molecular weight is 590 g/mol. The lowest BCUT2D eigenvalue weighted by Gasteiger charge is -2.39. The Morgan fingerprint density at radius 3 is 2.39 bits per heavy atom. The van der Waals surface area contributed by atoms with Gasteiger partial charge in [0.1, 0.15) is 5.60 Å². The lowest BCUT2D eigenvalue weighted by Crippen LogP contribution is -2.48. The van der Waals surface area contributed by atoms with Crippen molar-refractivity contribution < 1.29 is 18.8 Å². The van der Waals surface area contributed by atoms with Gasteiger partial charge in [0.25, 0.3) is 5.89 Å². The second kappa shape index (κ2) is 13.0. The third-order valence-corrected chi connectivity index (χ3v) is 8.02. The number of amides is 1. The van der Waals surface area contributed by atoms with Crippen molar-refractivity contribution in [2.24, 2.45) is 0 Å². The Kier molecular flexibility index (Phi) is 8.75. The zero-order valence-corrected chi connectivity index (χ0v) is 25.6. The molecule has 2 unspecified atom stereocenters. The molecule has 1 aliphatic rings. The van der Waals surface area contributed by atoms with E-state index in [9.17, 15) is 4.79 Å². The highest BCUT2D eigenvalue weighted by molar-refractivity contribution is 5.82. The smallest absolute Gasteiger partial charge is 0.410 e. The molecule has 44 heavy (non-hydrogen) atoms. The maximum atomic E-state index is 13.0. The predicted molar refractivity (Wildman–Crippen MR) is 171 cm³/mol. The number of carbonyl (C=O) groups is 1. The Hall–Kier alpha value is -4.49. The minimum atomic E-state index is -0.546. The number of aromatic nitrogens is 2. The summed E-state index contributed by atoms with van der Waals surface area (Å²) in [6.07, 6.45) is 1.85. The van der Waals surface area contributed by atoms with Crippen LogP contribution < -0.4 is 0 Å². The van der Waals surface area contributed by atoms with Crippen LogP contribution in [0.25, 0.3) is 22.2 Å². The Labute approximate surface area is 258 Å². The largest absolute Gasteiger partial charge is 0.444 e. The molecule has 7 heteroatoms. The molecular formula is C37H39N3O4. The van der Waals surface area contributed by atoms with E-state index in [4.69, 9.17) is 14.0 Å². The van der Waals surface area contributed by atoms with E-state index >= 15 is 0 Å². The highest BCUT2D eigenvalue weighted by atomic mass is 16.6. The van der Waals surface area contributed by atoms with Crippen LogP contribution in [0.3, 0.4) is 0 Å². The summed E-state index contributed by atoms with van der Waals surface area (Å²) < 4.78 is 17.8. The first kappa shape index (κ1) is 29.6. The van der Waals surface area contributed by atoms with Gasteiger partial charge >= 0.3 is 6.09 Å². The molecule has 5 aromatic rings. The van der Waals surface area contributed by atoms with Crippen molar-refractivity contribution in [3.63, 3.8) is 0 Å². The summed E-state index contributed by atoms with van der Waals surface area (Å²) in [6.45, 7) is 7.27. The molecule has 1 aliphatic heterocycles. The Morgan fingerprint density at radius 2 is 1.61 bits per heavy atom. The number of ether oxygens (including phenoxy) is 2. The van der Waals surface area contributed by atoms with Gasteiger partial charge < -0.3 is 18.9 Å². The number of hydrogen-bond donors (Lipinski definition) is 0. The summed E-state index contributed by atoms with van der Waals surface area (Å²) in [5.74, 6) is 1.40. The summed E-state index contributed by atoms with van der Waals surface area (Å²) in [5.41, 5.74) is 3.91. The summed E-state index contributed by atoms with van der Waals surface area (Å²) in [6, 6.07) is 33.3. The molecule has 0 radical (unpaired) electrons. The van der Waals surface area contributed by atoms with E-state index in [0.29, 0.717) is 37.8 Å². The second-order valence-corrected chi connectivity index (χ2v) is 12.5. The SMILES string of the molecule is CC(C)(C)OC(=O)N1CCC(c2ccc(CCc3noc(-c4ccccc4)n3)cc2)C(OCc2ccc3ccccc3c2)C1. The van der Waals surface area contributed by atoms with Crippen molar-refractivity contribution in [2.45, 2.75) is 64.3 Å². The van der Waals surface area contributed by atoms with Gasteiger partial charge in [0.05, 0.1) is 19.3 Å². The molecule has 6 rings (SSSR count). The lowest BCUT2D eigenvalue weighted by molar-refractivity contribution is -0.0359. The molecule has 226 valence electrons. The zero-order valence-electron chi connectivity index (χ0n) is 25.6. The molecule has 0 spiro atoms. The topological polar surface area (TPSA) is 77.7 Å². The molecule has 2 atom stereocenters. The van der Waals surface area contributed by atoms with Crippen LogP contribution in [0.5, 0.6) is 0 Å². The Balaban J connectivity index is 1.13. The molecule has 1 aromatic heterocycles. The lowest BCUT2D eigenvalue weighted by atomic mass is 9.86. The van der Waals surface area contributed by atoms with Crippen molar-refractivity contribution in [3.05, 3.63) is 120 Å². The van der Waals surface area contributed by atoms with E-state index in [-0.39, 0.29) is 18.1 Å². The standard InChI is InChI=1S/C37H39N3O4/c1-37(2,3)43-36(41)40-22-21-32(33(24-40)42-25-27-15-17-28-9-7-8-12-31(28)23-27)29-18-13-26(14-19-29)16-20-34-38-35(44-39-34)30-10-5-4-6-11-30/h4-15,17-19,23,32-33H,16,20-22,24-25H2,1-3H3. The van der Waals surface area contributed by atoms with Crippen LogP contribution in [0.4, 0.5) is 4.79 Å². The zero-order chi connectivity index (χ0) is 30.5. The number of piperidine rings is 1. The molecule has 0 bridgehead atoms. The van der Waals surface area contributed by atoms with E-state index in [1.54, 1.807) is 4.90 Å². The monoisotopic (exact) mass is 589 g/mol. The van der Waals surface area contributed by atoms with Crippen LogP contribution in [0.15, 0.2) is 102 Å². The molecule has 0 aliphatic carbocycles. The third kappa shape index (κ3) is 7.34. The van der Waals surface area contributed by atoms with Crippen LogP contribution in [-0.4, -0.2) is 45.9 Å². The maximum absolute atomic E-state index is 13.0. The van der Waals surface area contributed by atoms with Crippen LogP contribution in [0.1, 0.15) is 55.6 Å². The summed E-state index contributed by atoms with van der Waals surface area (Å²) >= 11 is 0. The quantitative estimate of drug-likeness (QED) is 0.183. The molecule has 2 heterocycles. The Bertz CT molecular complexity index is 1690. The number of carbonyl (C=O) groups excluding carboxylic acids is 1. The van der Waals surface area contributed by atoms with Crippen molar-refractivity contribution in [1.82, 2.24) is 15.0 Å². The van der Waals surface area contributed by atoms with Crippen molar-refractivity contribution in [2.75, 3.05) is 13.1 Å². The van der Waals surface area contributed by atoms with E-state index in [0.717, 1.165) is 24.0 Å². The van der Waals surface area contributed by atoms with E-state index in [1.165, 1.54) is 21.9 Å². The summed E-state index contributed by atoms with van der Waals surface area (Å²) in [4.78, 5) is 19.3. The van der Waals surface area contributed by atoms with Crippen molar-refractivity contribution >= 4 is 16.9 Å². The van der Waals surface area contributed by atoms with E-state index in [2.05, 4.69) is 76.9 Å². The first-order valence-corrected chi connectivity index (χ1v) is 15.3. The predicted octanol–water partition coefficient (Wildman–Crippen LogP) is 7.98. The Morgan fingerprint density at radius 1 is 0.886 bits per heavy atom. The summed E-state index contributed by atoms with van der Waals surface area (Å²) in [5, 5.41) is 6.57. The van der Waals surface area contributed by atoms with Gasteiger partial charge in [-0.2, -0.15) is 4.98 Å². The van der Waals surface area contributed by atoms with Gasteiger partial charge in [-0.05, 0) is 79.3 Å². The van der Waals surface area contributed by atoms with Gasteiger partial charge in [-0.15, -0.1) is 0 Å². The number of rotatable bonds is 8. The highest BCUT2D eigenvalue weighted by Gasteiger charge is 2.35. The molecule has 1 fully saturated rings. The molecule has 1 amide bonds. The number of nitrogens with zero attached hydrogens (tertiary/aromatic N) is 3. The molecule has 4 aromatic carbocycles. The van der Waals surface area contributed by atoms with Crippen LogP contribution in [0, 0.1) is 0 Å². The van der Waals surface area contributed by atoms with Crippen LogP contribution in [-0.2, 0) is 28.9 Å². The molecule has 0 saturated carbocycles.